The smallest absolute Gasteiger partial charge is 0.312 e. The van der Waals surface area contributed by atoms with Gasteiger partial charge in [-0.1, -0.05) is 11.6 Å². The molecule has 0 radical (unpaired) electrons. The van der Waals surface area contributed by atoms with Crippen LogP contribution in [0.5, 0.6) is 11.5 Å². The Balaban J connectivity index is 2.45. The molecule has 0 aliphatic heterocycles. The van der Waals surface area contributed by atoms with Crippen LogP contribution in [0.4, 0.5) is 5.69 Å². The first-order valence-electron chi connectivity index (χ1n) is 7.63. The minimum absolute atomic E-state index is 0.0921. The molecule has 0 saturated carbocycles. The zero-order valence-electron chi connectivity index (χ0n) is 14.7. The molecular weight excluding hydrogens is 394 g/mol. The van der Waals surface area contributed by atoms with Crippen molar-refractivity contribution in [2.75, 3.05) is 0 Å². The Morgan fingerprint density at radius 2 is 1.81 bits per heavy atom. The predicted octanol–water partition coefficient (Wildman–Crippen LogP) is 3.99. The molecule has 0 fully saturated rings. The molecule has 2 aromatic rings. The number of benzene rings is 2. The second-order valence-electron chi connectivity index (χ2n) is 6.60. The Kier molecular flexibility index (Phi) is 5.75. The number of hydrogen-bond donors (Lipinski definition) is 1. The SMILES string of the molecule is CC(C)(C)NS(=O)(=O)c1ccc(Oc2ccc(C#N)cc2Cl)c([N+](=O)[O-])c1. The van der Waals surface area contributed by atoms with Gasteiger partial charge in [-0.05, 0) is 51.1 Å². The minimum Gasteiger partial charge on any atom is -0.449 e. The van der Waals surface area contributed by atoms with Crippen LogP contribution in [0.15, 0.2) is 41.3 Å². The molecule has 0 atom stereocenters. The molecule has 142 valence electrons. The monoisotopic (exact) mass is 409 g/mol. The van der Waals surface area contributed by atoms with Crippen LogP contribution in [0.2, 0.25) is 5.02 Å². The van der Waals surface area contributed by atoms with Gasteiger partial charge in [-0.25, -0.2) is 13.1 Å². The second-order valence-corrected chi connectivity index (χ2v) is 8.69. The molecule has 0 aliphatic rings. The Morgan fingerprint density at radius 3 is 2.33 bits per heavy atom. The Morgan fingerprint density at radius 1 is 1.19 bits per heavy atom. The van der Waals surface area contributed by atoms with E-state index in [1.54, 1.807) is 20.8 Å². The lowest BCUT2D eigenvalue weighted by molar-refractivity contribution is -0.385. The van der Waals surface area contributed by atoms with Gasteiger partial charge in [0.05, 0.1) is 26.5 Å². The van der Waals surface area contributed by atoms with Crippen molar-refractivity contribution in [3.8, 4) is 17.6 Å². The van der Waals surface area contributed by atoms with Crippen LogP contribution < -0.4 is 9.46 Å². The number of rotatable bonds is 5. The first-order valence-corrected chi connectivity index (χ1v) is 9.49. The van der Waals surface area contributed by atoms with E-state index in [2.05, 4.69) is 4.72 Å². The van der Waals surface area contributed by atoms with Gasteiger partial charge in [0.2, 0.25) is 15.8 Å². The molecule has 10 heteroatoms. The highest BCUT2D eigenvalue weighted by molar-refractivity contribution is 7.89. The van der Waals surface area contributed by atoms with E-state index < -0.39 is 26.2 Å². The molecule has 0 heterocycles. The van der Waals surface area contributed by atoms with Gasteiger partial charge in [0.25, 0.3) is 0 Å². The summed E-state index contributed by atoms with van der Waals surface area (Å²) in [6.45, 7) is 4.97. The normalized spacial score (nSPS) is 11.7. The second kappa shape index (κ2) is 7.52. The average Bonchev–Trinajstić information content (AvgIpc) is 2.54. The molecular formula is C17H16ClN3O5S. The first kappa shape index (κ1) is 20.6. The summed E-state index contributed by atoms with van der Waals surface area (Å²) in [6, 6.07) is 9.41. The van der Waals surface area contributed by atoms with Crippen molar-refractivity contribution in [1.82, 2.24) is 4.72 Å². The maximum absolute atomic E-state index is 12.4. The van der Waals surface area contributed by atoms with E-state index >= 15 is 0 Å². The molecule has 0 saturated heterocycles. The summed E-state index contributed by atoms with van der Waals surface area (Å²) < 4.78 is 32.7. The average molecular weight is 410 g/mol. The van der Waals surface area contributed by atoms with Crippen molar-refractivity contribution in [3.05, 3.63) is 57.1 Å². The minimum atomic E-state index is -3.95. The lowest BCUT2D eigenvalue weighted by Gasteiger charge is -2.20. The first-order chi connectivity index (χ1) is 12.4. The van der Waals surface area contributed by atoms with Crippen LogP contribution in [0.3, 0.4) is 0 Å². The summed E-state index contributed by atoms with van der Waals surface area (Å²) in [5.41, 5.74) is -0.984. The van der Waals surface area contributed by atoms with Crippen LogP contribution >= 0.6 is 11.6 Å². The molecule has 0 amide bonds. The van der Waals surface area contributed by atoms with E-state index in [1.165, 1.54) is 30.3 Å². The van der Waals surface area contributed by atoms with E-state index in [-0.39, 0.29) is 21.4 Å². The highest BCUT2D eigenvalue weighted by Gasteiger charge is 2.26. The number of nitrogens with one attached hydrogen (secondary N) is 1. The van der Waals surface area contributed by atoms with Crippen LogP contribution in [-0.4, -0.2) is 18.9 Å². The number of nitro groups is 1. The molecule has 0 aliphatic carbocycles. The summed E-state index contributed by atoms with van der Waals surface area (Å²) in [5, 5.41) is 20.3. The number of hydrogen-bond acceptors (Lipinski definition) is 6. The fourth-order valence-electron chi connectivity index (χ4n) is 2.13. The quantitative estimate of drug-likeness (QED) is 0.588. The number of nitro benzene ring substituents is 1. The van der Waals surface area contributed by atoms with E-state index in [9.17, 15) is 18.5 Å². The zero-order chi connectivity index (χ0) is 20.4. The van der Waals surface area contributed by atoms with Gasteiger partial charge in [0.1, 0.15) is 5.75 Å². The summed E-state index contributed by atoms with van der Waals surface area (Å²) in [7, 11) is -3.95. The Bertz CT molecular complexity index is 1040. The third kappa shape index (κ3) is 5.17. The predicted molar refractivity (Wildman–Crippen MR) is 99.4 cm³/mol. The lowest BCUT2D eigenvalue weighted by Crippen LogP contribution is -2.40. The van der Waals surface area contributed by atoms with E-state index in [4.69, 9.17) is 21.6 Å². The third-order valence-electron chi connectivity index (χ3n) is 3.16. The molecule has 2 rings (SSSR count). The van der Waals surface area contributed by atoms with Gasteiger partial charge >= 0.3 is 5.69 Å². The topological polar surface area (TPSA) is 122 Å². The molecule has 8 nitrogen and oxygen atoms in total. The summed E-state index contributed by atoms with van der Waals surface area (Å²) in [6.07, 6.45) is 0. The number of nitrogens with zero attached hydrogens (tertiary/aromatic N) is 2. The molecule has 0 spiro atoms. The third-order valence-corrected chi connectivity index (χ3v) is 5.21. The van der Waals surface area contributed by atoms with Gasteiger partial charge in [0.15, 0.2) is 0 Å². The number of nitriles is 1. The largest absolute Gasteiger partial charge is 0.449 e. The number of halogens is 1. The van der Waals surface area contributed by atoms with Crippen molar-refractivity contribution in [1.29, 1.82) is 5.26 Å². The zero-order valence-corrected chi connectivity index (χ0v) is 16.3. The summed E-state index contributed by atoms with van der Waals surface area (Å²) in [4.78, 5) is 10.4. The molecule has 0 aromatic heterocycles. The Hall–Kier alpha value is -2.67. The molecule has 0 unspecified atom stereocenters. The lowest BCUT2D eigenvalue weighted by atomic mass is 10.1. The molecule has 27 heavy (non-hydrogen) atoms. The van der Waals surface area contributed by atoms with Gasteiger partial charge in [-0.3, -0.25) is 10.1 Å². The van der Waals surface area contributed by atoms with Crippen LogP contribution in [-0.2, 0) is 10.0 Å². The fourth-order valence-corrected chi connectivity index (χ4v) is 3.78. The van der Waals surface area contributed by atoms with Crippen molar-refractivity contribution < 1.29 is 18.1 Å². The molecule has 0 bridgehead atoms. The van der Waals surface area contributed by atoms with Crippen LogP contribution in [0, 0.1) is 21.4 Å². The summed E-state index contributed by atoms with van der Waals surface area (Å²) in [5.74, 6) is -0.0801. The maximum Gasteiger partial charge on any atom is 0.312 e. The standard InChI is InChI=1S/C17H16ClN3O5S/c1-17(2,3)20-27(24,25)12-5-7-16(14(9-12)21(22)23)26-15-6-4-11(10-19)8-13(15)18/h4-9,20H,1-3H3. The van der Waals surface area contributed by atoms with Crippen molar-refractivity contribution in [3.63, 3.8) is 0 Å². The van der Waals surface area contributed by atoms with Crippen molar-refractivity contribution >= 4 is 27.3 Å². The highest BCUT2D eigenvalue weighted by atomic mass is 35.5. The van der Waals surface area contributed by atoms with Crippen molar-refractivity contribution in [2.45, 2.75) is 31.2 Å². The van der Waals surface area contributed by atoms with E-state index in [0.717, 1.165) is 6.07 Å². The van der Waals surface area contributed by atoms with Gasteiger partial charge in [0, 0.05) is 11.6 Å². The van der Waals surface area contributed by atoms with Gasteiger partial charge in [-0.2, -0.15) is 5.26 Å². The number of sulfonamides is 1. The van der Waals surface area contributed by atoms with Gasteiger partial charge < -0.3 is 4.74 Å². The van der Waals surface area contributed by atoms with Crippen LogP contribution in [0.25, 0.3) is 0 Å². The molecule has 1 N–H and O–H groups in total. The van der Waals surface area contributed by atoms with E-state index in [0.29, 0.717) is 5.56 Å². The van der Waals surface area contributed by atoms with E-state index in [1.807, 2.05) is 6.07 Å². The Labute approximate surface area is 161 Å². The number of ether oxygens (including phenoxy) is 1. The summed E-state index contributed by atoms with van der Waals surface area (Å²) >= 11 is 6.01. The van der Waals surface area contributed by atoms with Crippen LogP contribution in [0.1, 0.15) is 26.3 Å². The fraction of sp³-hybridized carbons (Fsp3) is 0.235. The van der Waals surface area contributed by atoms with Gasteiger partial charge in [-0.15, -0.1) is 0 Å². The highest BCUT2D eigenvalue weighted by Crippen LogP contribution is 2.36. The van der Waals surface area contributed by atoms with Crippen molar-refractivity contribution in [2.24, 2.45) is 0 Å². The maximum atomic E-state index is 12.4. The molecule has 2 aromatic carbocycles.